The first-order valence-electron chi connectivity index (χ1n) is 4.54. The molecule has 0 aromatic carbocycles. The van der Waals surface area contributed by atoms with Crippen LogP contribution in [0.5, 0.6) is 5.88 Å². The molecule has 1 aromatic heterocycles. The van der Waals surface area contributed by atoms with Gasteiger partial charge in [0.25, 0.3) is 5.88 Å². The van der Waals surface area contributed by atoms with Crippen LogP contribution in [0.1, 0.15) is 18.9 Å². The summed E-state index contributed by atoms with van der Waals surface area (Å²) in [5, 5.41) is 10.7. The topological polar surface area (TPSA) is 64.1 Å². The Morgan fingerprint density at radius 3 is 3.29 bits per heavy atom. The molecule has 1 aliphatic heterocycles. The Morgan fingerprint density at radius 1 is 1.64 bits per heavy atom. The molecule has 0 atom stereocenters. The third-order valence-corrected chi connectivity index (χ3v) is 2.06. The number of esters is 1. The average molecular weight is 193 g/mol. The average Bonchev–Trinajstić information content (AvgIpc) is 2.18. The predicted octanol–water partition coefficient (Wildman–Crippen LogP) is 0.760. The second-order valence-corrected chi connectivity index (χ2v) is 3.17. The van der Waals surface area contributed by atoms with Crippen molar-refractivity contribution in [2.45, 2.75) is 19.8 Å². The number of fused-ring (bicyclic) bond motifs is 1. The molecule has 0 saturated carbocycles. The second-order valence-electron chi connectivity index (χ2n) is 3.17. The lowest BCUT2D eigenvalue weighted by Crippen LogP contribution is -2.16. The standard InChI is InChI=1S/C9H11N3O2/c1-6(13)14-9-8-7(5-11-12-9)3-2-4-10-8/h5,10H,2-4H2,1H3. The van der Waals surface area contributed by atoms with Crippen molar-refractivity contribution >= 4 is 11.7 Å². The van der Waals surface area contributed by atoms with Crippen LogP contribution in [0.2, 0.25) is 0 Å². The molecule has 0 spiro atoms. The van der Waals surface area contributed by atoms with E-state index in [1.807, 2.05) is 0 Å². The van der Waals surface area contributed by atoms with Crippen molar-refractivity contribution in [2.24, 2.45) is 0 Å². The zero-order valence-electron chi connectivity index (χ0n) is 7.91. The largest absolute Gasteiger partial charge is 0.404 e. The predicted molar refractivity (Wildman–Crippen MR) is 50.2 cm³/mol. The molecule has 1 aromatic rings. The Kier molecular flexibility index (Phi) is 2.30. The van der Waals surface area contributed by atoms with Crippen molar-refractivity contribution in [3.63, 3.8) is 0 Å². The van der Waals surface area contributed by atoms with Gasteiger partial charge >= 0.3 is 5.97 Å². The number of hydrogen-bond acceptors (Lipinski definition) is 5. The summed E-state index contributed by atoms with van der Waals surface area (Å²) in [6.07, 6.45) is 3.72. The Hall–Kier alpha value is -1.65. The van der Waals surface area contributed by atoms with Gasteiger partial charge in [0.2, 0.25) is 0 Å². The fraction of sp³-hybridized carbons (Fsp3) is 0.444. The van der Waals surface area contributed by atoms with E-state index in [1.165, 1.54) is 6.92 Å². The van der Waals surface area contributed by atoms with Crippen molar-refractivity contribution < 1.29 is 9.53 Å². The number of anilines is 1. The maximum absolute atomic E-state index is 10.8. The fourth-order valence-electron chi connectivity index (χ4n) is 1.48. The van der Waals surface area contributed by atoms with Gasteiger partial charge in [0, 0.05) is 19.0 Å². The molecular formula is C9H11N3O2. The fourth-order valence-corrected chi connectivity index (χ4v) is 1.48. The highest BCUT2D eigenvalue weighted by Gasteiger charge is 2.16. The monoisotopic (exact) mass is 193 g/mol. The molecule has 0 aliphatic carbocycles. The SMILES string of the molecule is CC(=O)Oc1nncc2c1NCCC2. The van der Waals surface area contributed by atoms with Gasteiger partial charge in [-0.1, -0.05) is 0 Å². The number of rotatable bonds is 1. The lowest BCUT2D eigenvalue weighted by atomic mass is 10.1. The summed E-state index contributed by atoms with van der Waals surface area (Å²) in [5.41, 5.74) is 1.86. The summed E-state index contributed by atoms with van der Waals surface area (Å²) in [6, 6.07) is 0. The Morgan fingerprint density at radius 2 is 2.50 bits per heavy atom. The summed E-state index contributed by atoms with van der Waals surface area (Å²) in [5.74, 6) is -0.0882. The Balaban J connectivity index is 2.35. The van der Waals surface area contributed by atoms with Crippen molar-refractivity contribution in [2.75, 3.05) is 11.9 Å². The van der Waals surface area contributed by atoms with Gasteiger partial charge in [0.05, 0.1) is 6.20 Å². The van der Waals surface area contributed by atoms with Crippen LogP contribution in [0.25, 0.3) is 0 Å². The molecule has 5 heteroatoms. The quantitative estimate of drug-likeness (QED) is 0.667. The maximum Gasteiger partial charge on any atom is 0.309 e. The highest BCUT2D eigenvalue weighted by molar-refractivity contribution is 5.72. The van der Waals surface area contributed by atoms with Crippen LogP contribution >= 0.6 is 0 Å². The number of nitrogens with zero attached hydrogens (tertiary/aromatic N) is 2. The third-order valence-electron chi connectivity index (χ3n) is 2.06. The Bertz CT molecular complexity index is 365. The van der Waals surface area contributed by atoms with E-state index in [4.69, 9.17) is 4.74 Å². The summed E-state index contributed by atoms with van der Waals surface area (Å²) < 4.78 is 4.94. The number of aryl methyl sites for hydroxylation is 1. The molecule has 5 nitrogen and oxygen atoms in total. The minimum Gasteiger partial charge on any atom is -0.404 e. The molecule has 0 unspecified atom stereocenters. The molecule has 0 saturated heterocycles. The van der Waals surface area contributed by atoms with Crippen molar-refractivity contribution in [3.05, 3.63) is 11.8 Å². The Labute approximate surface area is 81.5 Å². The zero-order chi connectivity index (χ0) is 9.97. The van der Waals surface area contributed by atoms with Gasteiger partial charge in [-0.15, -0.1) is 5.10 Å². The number of ether oxygens (including phenoxy) is 1. The molecule has 1 aliphatic rings. The molecule has 0 radical (unpaired) electrons. The van der Waals surface area contributed by atoms with E-state index in [9.17, 15) is 4.79 Å². The number of hydrogen-bond donors (Lipinski definition) is 1. The first kappa shape index (κ1) is 8.93. The summed E-state index contributed by atoms with van der Waals surface area (Å²) in [4.78, 5) is 10.8. The van der Waals surface area contributed by atoms with E-state index < -0.39 is 0 Å². The van der Waals surface area contributed by atoms with E-state index >= 15 is 0 Å². The molecule has 1 N–H and O–H groups in total. The lowest BCUT2D eigenvalue weighted by molar-refractivity contribution is -0.132. The van der Waals surface area contributed by atoms with Crippen LogP contribution in [0.15, 0.2) is 6.20 Å². The van der Waals surface area contributed by atoms with Gasteiger partial charge in [-0.2, -0.15) is 5.10 Å². The van der Waals surface area contributed by atoms with E-state index in [1.54, 1.807) is 6.20 Å². The van der Waals surface area contributed by atoms with Crippen LogP contribution in [-0.4, -0.2) is 22.7 Å². The van der Waals surface area contributed by atoms with E-state index in [0.29, 0.717) is 0 Å². The minimum atomic E-state index is -0.375. The highest BCUT2D eigenvalue weighted by atomic mass is 16.5. The van der Waals surface area contributed by atoms with Gasteiger partial charge in [0.15, 0.2) is 0 Å². The number of carbonyl (C=O) groups is 1. The smallest absolute Gasteiger partial charge is 0.309 e. The lowest BCUT2D eigenvalue weighted by Gasteiger charge is -2.18. The van der Waals surface area contributed by atoms with E-state index in [0.717, 1.165) is 30.6 Å². The molecule has 0 amide bonds. The normalized spacial score (nSPS) is 14.1. The van der Waals surface area contributed by atoms with Crippen molar-refractivity contribution in [3.8, 4) is 5.88 Å². The third kappa shape index (κ3) is 1.66. The highest BCUT2D eigenvalue weighted by Crippen LogP contribution is 2.28. The van der Waals surface area contributed by atoms with Crippen molar-refractivity contribution in [1.29, 1.82) is 0 Å². The maximum atomic E-state index is 10.8. The number of carbonyl (C=O) groups excluding carboxylic acids is 1. The van der Waals surface area contributed by atoms with E-state index in [-0.39, 0.29) is 11.8 Å². The summed E-state index contributed by atoms with van der Waals surface area (Å²) in [7, 11) is 0. The molecule has 14 heavy (non-hydrogen) atoms. The minimum absolute atomic E-state index is 0.287. The summed E-state index contributed by atoms with van der Waals surface area (Å²) >= 11 is 0. The van der Waals surface area contributed by atoms with Gasteiger partial charge in [-0.3, -0.25) is 4.79 Å². The van der Waals surface area contributed by atoms with E-state index in [2.05, 4.69) is 15.5 Å². The van der Waals surface area contributed by atoms with Crippen LogP contribution in [-0.2, 0) is 11.2 Å². The molecule has 0 fully saturated rings. The van der Waals surface area contributed by atoms with Crippen LogP contribution in [0.3, 0.4) is 0 Å². The zero-order valence-corrected chi connectivity index (χ0v) is 7.91. The van der Waals surface area contributed by atoms with Crippen LogP contribution in [0.4, 0.5) is 5.69 Å². The van der Waals surface area contributed by atoms with Gasteiger partial charge in [-0.25, -0.2) is 0 Å². The van der Waals surface area contributed by atoms with Gasteiger partial charge in [0.1, 0.15) is 5.69 Å². The van der Waals surface area contributed by atoms with Crippen LogP contribution in [0, 0.1) is 0 Å². The molecule has 0 bridgehead atoms. The van der Waals surface area contributed by atoms with Gasteiger partial charge < -0.3 is 10.1 Å². The molecule has 74 valence electrons. The van der Waals surface area contributed by atoms with Crippen molar-refractivity contribution in [1.82, 2.24) is 10.2 Å². The molecule has 2 rings (SSSR count). The molecular weight excluding hydrogens is 182 g/mol. The molecule has 2 heterocycles. The van der Waals surface area contributed by atoms with Crippen LogP contribution < -0.4 is 10.1 Å². The number of aromatic nitrogens is 2. The first-order chi connectivity index (χ1) is 6.77. The first-order valence-corrected chi connectivity index (χ1v) is 4.54. The second kappa shape index (κ2) is 3.61. The van der Waals surface area contributed by atoms with Gasteiger partial charge in [-0.05, 0) is 12.8 Å². The number of nitrogens with one attached hydrogen (secondary N) is 1. The summed E-state index contributed by atoms with van der Waals surface area (Å²) in [6.45, 7) is 2.23.